The molecular weight excluding hydrogens is 438 g/mol. The number of pyridine rings is 1. The van der Waals surface area contributed by atoms with Crippen LogP contribution in [0.25, 0.3) is 10.8 Å². The third-order valence-electron chi connectivity index (χ3n) is 6.45. The lowest BCUT2D eigenvalue weighted by Gasteiger charge is -2.25. The SMILES string of the molecule is CC(Sc1nc2c(cc1C#N)CC(c1ccccc1)CC2)C(=O)Nc1cccc2ccccc12. The van der Waals surface area contributed by atoms with Gasteiger partial charge in [0, 0.05) is 16.8 Å². The molecule has 34 heavy (non-hydrogen) atoms. The number of hydrogen-bond donors (Lipinski definition) is 1. The Hall–Kier alpha value is -3.62. The van der Waals surface area contributed by atoms with E-state index in [1.54, 1.807) is 0 Å². The van der Waals surface area contributed by atoms with E-state index in [0.29, 0.717) is 16.5 Å². The molecule has 4 nitrogen and oxygen atoms in total. The normalized spacial score (nSPS) is 15.8. The van der Waals surface area contributed by atoms with E-state index in [2.05, 4.69) is 35.7 Å². The first-order valence-corrected chi connectivity index (χ1v) is 12.4. The van der Waals surface area contributed by atoms with Gasteiger partial charge in [0.1, 0.15) is 11.1 Å². The van der Waals surface area contributed by atoms with Gasteiger partial charge in [-0.25, -0.2) is 4.98 Å². The van der Waals surface area contributed by atoms with Crippen molar-refractivity contribution >= 4 is 34.1 Å². The van der Waals surface area contributed by atoms with Crippen LogP contribution in [0.5, 0.6) is 0 Å². The van der Waals surface area contributed by atoms with Crippen LogP contribution in [0.2, 0.25) is 0 Å². The fourth-order valence-corrected chi connectivity index (χ4v) is 5.51. The number of nitriles is 1. The highest BCUT2D eigenvalue weighted by Gasteiger charge is 2.25. The molecule has 0 saturated carbocycles. The van der Waals surface area contributed by atoms with E-state index in [1.807, 2.05) is 61.5 Å². The monoisotopic (exact) mass is 463 g/mol. The summed E-state index contributed by atoms with van der Waals surface area (Å²) in [5, 5.41) is 15.2. The minimum absolute atomic E-state index is 0.103. The van der Waals surface area contributed by atoms with E-state index >= 15 is 0 Å². The summed E-state index contributed by atoms with van der Waals surface area (Å²) in [4.78, 5) is 17.9. The maximum absolute atomic E-state index is 13.0. The van der Waals surface area contributed by atoms with Gasteiger partial charge in [-0.15, -0.1) is 0 Å². The van der Waals surface area contributed by atoms with Crippen molar-refractivity contribution in [3.8, 4) is 6.07 Å². The first-order chi connectivity index (χ1) is 16.6. The van der Waals surface area contributed by atoms with E-state index in [4.69, 9.17) is 4.98 Å². The van der Waals surface area contributed by atoms with Crippen LogP contribution in [0.15, 0.2) is 83.9 Å². The maximum Gasteiger partial charge on any atom is 0.237 e. The van der Waals surface area contributed by atoms with Gasteiger partial charge in [-0.2, -0.15) is 5.26 Å². The van der Waals surface area contributed by atoms with Gasteiger partial charge >= 0.3 is 0 Å². The van der Waals surface area contributed by atoms with Crippen LogP contribution in [0.4, 0.5) is 5.69 Å². The van der Waals surface area contributed by atoms with Gasteiger partial charge in [0.05, 0.1) is 10.8 Å². The van der Waals surface area contributed by atoms with Gasteiger partial charge in [-0.3, -0.25) is 4.79 Å². The Labute approximate surface area is 204 Å². The molecule has 0 spiro atoms. The Morgan fingerprint density at radius 1 is 1.09 bits per heavy atom. The summed E-state index contributed by atoms with van der Waals surface area (Å²) in [5.74, 6) is 0.347. The minimum atomic E-state index is -0.391. The molecule has 1 aromatic heterocycles. The van der Waals surface area contributed by atoms with Crippen molar-refractivity contribution in [2.45, 2.75) is 42.4 Å². The maximum atomic E-state index is 13.0. The number of fused-ring (bicyclic) bond motifs is 2. The highest BCUT2D eigenvalue weighted by molar-refractivity contribution is 8.00. The second-order valence-electron chi connectivity index (χ2n) is 8.69. The van der Waals surface area contributed by atoms with Gasteiger partial charge in [0.15, 0.2) is 0 Å². The molecule has 5 heteroatoms. The van der Waals surface area contributed by atoms with Crippen molar-refractivity contribution < 1.29 is 4.79 Å². The van der Waals surface area contributed by atoms with Crippen LogP contribution in [0, 0.1) is 11.3 Å². The quantitative estimate of drug-likeness (QED) is 0.343. The number of nitrogens with one attached hydrogen (secondary N) is 1. The lowest BCUT2D eigenvalue weighted by Crippen LogP contribution is -2.23. The fourth-order valence-electron chi connectivity index (χ4n) is 4.61. The molecule has 2 unspecified atom stereocenters. The predicted molar refractivity (Wildman–Crippen MR) is 138 cm³/mol. The van der Waals surface area contributed by atoms with Gasteiger partial charge in [-0.05, 0) is 60.7 Å². The number of rotatable bonds is 5. The number of aryl methyl sites for hydroxylation is 1. The smallest absolute Gasteiger partial charge is 0.237 e. The topological polar surface area (TPSA) is 65.8 Å². The molecule has 1 heterocycles. The molecule has 1 N–H and O–H groups in total. The molecule has 0 radical (unpaired) electrons. The summed E-state index contributed by atoms with van der Waals surface area (Å²) in [7, 11) is 0. The zero-order valence-corrected chi connectivity index (χ0v) is 19.8. The number of benzene rings is 3. The number of anilines is 1. The lowest BCUT2D eigenvalue weighted by molar-refractivity contribution is -0.115. The minimum Gasteiger partial charge on any atom is -0.325 e. The molecule has 2 atom stereocenters. The molecule has 1 amide bonds. The van der Waals surface area contributed by atoms with Crippen LogP contribution < -0.4 is 5.32 Å². The van der Waals surface area contributed by atoms with Crippen molar-refractivity contribution in [1.29, 1.82) is 5.26 Å². The van der Waals surface area contributed by atoms with E-state index in [9.17, 15) is 10.1 Å². The van der Waals surface area contributed by atoms with Gasteiger partial charge in [0.2, 0.25) is 5.91 Å². The molecule has 1 aliphatic carbocycles. The summed E-state index contributed by atoms with van der Waals surface area (Å²) in [6.45, 7) is 1.86. The molecule has 0 bridgehead atoms. The number of carbonyl (C=O) groups excluding carboxylic acids is 1. The largest absolute Gasteiger partial charge is 0.325 e. The van der Waals surface area contributed by atoms with Crippen molar-refractivity contribution in [2.75, 3.05) is 5.32 Å². The summed E-state index contributed by atoms with van der Waals surface area (Å²) in [6, 6.07) is 28.7. The Balaban J connectivity index is 1.33. The number of carbonyl (C=O) groups is 1. The van der Waals surface area contributed by atoms with Gasteiger partial charge in [-0.1, -0.05) is 78.5 Å². The zero-order chi connectivity index (χ0) is 23.5. The van der Waals surface area contributed by atoms with Crippen molar-refractivity contribution in [3.05, 3.63) is 101 Å². The molecule has 0 aliphatic heterocycles. The van der Waals surface area contributed by atoms with Gasteiger partial charge < -0.3 is 5.32 Å². The molecular formula is C29H25N3OS. The standard InChI is InChI=1S/C29H25N3OS/c1-19(28(33)31-27-13-7-11-21-10-5-6-12-25(21)27)34-29-24(18-30)17-23-16-22(14-15-26(23)32-29)20-8-3-2-4-9-20/h2-13,17,19,22H,14-16H2,1H3,(H,31,33). The number of hydrogen-bond acceptors (Lipinski definition) is 4. The molecule has 0 saturated heterocycles. The average molecular weight is 464 g/mol. The Morgan fingerprint density at radius 2 is 1.85 bits per heavy atom. The third kappa shape index (κ3) is 4.55. The van der Waals surface area contributed by atoms with Crippen molar-refractivity contribution in [2.24, 2.45) is 0 Å². The lowest BCUT2D eigenvalue weighted by atomic mass is 9.82. The number of nitrogens with zero attached hydrogens (tertiary/aromatic N) is 2. The Bertz CT molecular complexity index is 1390. The Kier molecular flexibility index (Phi) is 6.33. The number of thioether (sulfide) groups is 1. The summed E-state index contributed by atoms with van der Waals surface area (Å²) < 4.78 is 0. The van der Waals surface area contributed by atoms with Crippen LogP contribution >= 0.6 is 11.8 Å². The van der Waals surface area contributed by atoms with Crippen LogP contribution in [-0.4, -0.2) is 16.1 Å². The number of aromatic nitrogens is 1. The third-order valence-corrected chi connectivity index (χ3v) is 7.55. The second-order valence-corrected chi connectivity index (χ2v) is 10.0. The van der Waals surface area contributed by atoms with Crippen LogP contribution in [-0.2, 0) is 17.6 Å². The summed E-state index contributed by atoms with van der Waals surface area (Å²) in [5.41, 5.74) is 4.87. The van der Waals surface area contributed by atoms with Crippen LogP contribution in [0.3, 0.4) is 0 Å². The first-order valence-electron chi connectivity index (χ1n) is 11.6. The van der Waals surface area contributed by atoms with Crippen LogP contribution in [0.1, 0.15) is 41.6 Å². The Morgan fingerprint density at radius 3 is 2.68 bits per heavy atom. The molecule has 4 aromatic rings. The number of amides is 1. The van der Waals surface area contributed by atoms with E-state index in [0.717, 1.165) is 47.0 Å². The van der Waals surface area contributed by atoms with Crippen molar-refractivity contribution in [1.82, 2.24) is 4.98 Å². The van der Waals surface area contributed by atoms with E-state index < -0.39 is 5.25 Å². The summed E-state index contributed by atoms with van der Waals surface area (Å²) >= 11 is 1.35. The average Bonchev–Trinajstić information content (AvgIpc) is 2.88. The zero-order valence-electron chi connectivity index (χ0n) is 19.0. The summed E-state index contributed by atoms with van der Waals surface area (Å²) in [6.07, 6.45) is 2.81. The molecule has 5 rings (SSSR count). The van der Waals surface area contributed by atoms with Crippen molar-refractivity contribution in [3.63, 3.8) is 0 Å². The first kappa shape index (κ1) is 22.2. The second kappa shape index (κ2) is 9.70. The molecule has 1 aliphatic rings. The van der Waals surface area contributed by atoms with E-state index in [-0.39, 0.29) is 5.91 Å². The predicted octanol–water partition coefficient (Wildman–Crippen LogP) is 6.50. The molecule has 0 fully saturated rings. The van der Waals surface area contributed by atoms with E-state index in [1.165, 1.54) is 17.3 Å². The van der Waals surface area contributed by atoms with Gasteiger partial charge in [0.25, 0.3) is 0 Å². The fraction of sp³-hybridized carbons (Fsp3) is 0.207. The molecule has 168 valence electrons. The molecule has 3 aromatic carbocycles. The highest BCUT2D eigenvalue weighted by atomic mass is 32.2. The highest BCUT2D eigenvalue weighted by Crippen LogP contribution is 2.35.